The van der Waals surface area contributed by atoms with Crippen LogP contribution in [0, 0.1) is 0 Å². The predicted octanol–water partition coefficient (Wildman–Crippen LogP) is 3.31. The zero-order valence-corrected chi connectivity index (χ0v) is 13.0. The van der Waals surface area contributed by atoms with Crippen molar-refractivity contribution in [1.82, 2.24) is 0 Å². The Morgan fingerprint density at radius 3 is 2.29 bits per heavy atom. The summed E-state index contributed by atoms with van der Waals surface area (Å²) >= 11 is 9.15. The first-order chi connectivity index (χ1) is 7.72. The molecule has 0 radical (unpaired) electrons. The van der Waals surface area contributed by atoms with Gasteiger partial charge in [-0.3, -0.25) is 0 Å². The van der Waals surface area contributed by atoms with E-state index >= 15 is 0 Å². The molecule has 0 fully saturated rings. The Morgan fingerprint density at radius 1 is 1.29 bits per heavy atom. The molecule has 0 saturated carbocycles. The van der Waals surface area contributed by atoms with E-state index in [1.54, 1.807) is 0 Å². The molecule has 0 amide bonds. The minimum Gasteiger partial charge on any atom is -0.506 e. The predicted molar refractivity (Wildman–Crippen MR) is 70.2 cm³/mol. The van der Waals surface area contributed by atoms with Crippen LogP contribution in [0.3, 0.4) is 0 Å². The minimum absolute atomic E-state index is 0.00949. The SMILES string of the molecule is N[C@@H](c1c(Br)cc(Br)c(O)c1Br)C(F)(F)CO. The molecule has 8 heteroatoms. The van der Waals surface area contributed by atoms with Crippen molar-refractivity contribution in [1.29, 1.82) is 0 Å². The number of rotatable bonds is 3. The molecule has 0 aliphatic rings. The van der Waals surface area contributed by atoms with Crippen molar-refractivity contribution in [3.63, 3.8) is 0 Å². The van der Waals surface area contributed by atoms with Crippen LogP contribution in [0.25, 0.3) is 0 Å². The van der Waals surface area contributed by atoms with Crippen LogP contribution in [-0.2, 0) is 0 Å². The molecule has 1 atom stereocenters. The molecule has 0 heterocycles. The molecule has 0 saturated heterocycles. The van der Waals surface area contributed by atoms with Gasteiger partial charge in [-0.15, -0.1) is 0 Å². The molecule has 96 valence electrons. The highest BCUT2D eigenvalue weighted by Crippen LogP contribution is 2.44. The first-order valence-corrected chi connectivity index (χ1v) is 6.71. The molecule has 0 aromatic heterocycles. The number of phenolic OH excluding ortho intramolecular Hbond substituents is 1. The van der Waals surface area contributed by atoms with Crippen molar-refractivity contribution < 1.29 is 19.0 Å². The molecule has 1 rings (SSSR count). The molecule has 1 aromatic carbocycles. The first kappa shape index (κ1) is 15.3. The van der Waals surface area contributed by atoms with Gasteiger partial charge in [-0.1, -0.05) is 15.9 Å². The second-order valence-electron chi connectivity index (χ2n) is 3.31. The number of benzene rings is 1. The molecule has 17 heavy (non-hydrogen) atoms. The van der Waals surface area contributed by atoms with E-state index in [9.17, 15) is 13.9 Å². The van der Waals surface area contributed by atoms with E-state index in [2.05, 4.69) is 47.8 Å². The highest BCUT2D eigenvalue weighted by atomic mass is 79.9. The Balaban J connectivity index is 3.37. The number of alkyl halides is 2. The number of aliphatic hydroxyl groups excluding tert-OH is 1. The lowest BCUT2D eigenvalue weighted by Crippen LogP contribution is -2.36. The van der Waals surface area contributed by atoms with E-state index in [4.69, 9.17) is 10.8 Å². The maximum absolute atomic E-state index is 13.3. The number of aliphatic hydroxyl groups is 1. The van der Waals surface area contributed by atoms with Gasteiger partial charge in [0.05, 0.1) is 15.0 Å². The zero-order chi connectivity index (χ0) is 13.4. The van der Waals surface area contributed by atoms with Gasteiger partial charge in [0.2, 0.25) is 0 Å². The quantitative estimate of drug-likeness (QED) is 0.677. The fourth-order valence-electron chi connectivity index (χ4n) is 1.19. The number of hydrogen-bond donors (Lipinski definition) is 3. The summed E-state index contributed by atoms with van der Waals surface area (Å²) < 4.78 is 27.3. The summed E-state index contributed by atoms with van der Waals surface area (Å²) in [7, 11) is 0. The van der Waals surface area contributed by atoms with Crippen LogP contribution in [-0.4, -0.2) is 22.7 Å². The average Bonchev–Trinajstić information content (AvgIpc) is 2.26. The van der Waals surface area contributed by atoms with E-state index < -0.39 is 18.6 Å². The van der Waals surface area contributed by atoms with Crippen LogP contribution in [0.5, 0.6) is 5.75 Å². The third-order valence-electron chi connectivity index (χ3n) is 2.16. The maximum Gasteiger partial charge on any atom is 0.289 e. The molecule has 4 N–H and O–H groups in total. The summed E-state index contributed by atoms with van der Waals surface area (Å²) in [4.78, 5) is 0. The van der Waals surface area contributed by atoms with Crippen LogP contribution in [0.4, 0.5) is 8.78 Å². The van der Waals surface area contributed by atoms with Crippen LogP contribution >= 0.6 is 47.8 Å². The fraction of sp³-hybridized carbons (Fsp3) is 0.333. The van der Waals surface area contributed by atoms with Gasteiger partial charge in [0.25, 0.3) is 5.92 Å². The van der Waals surface area contributed by atoms with Crippen LogP contribution in [0.1, 0.15) is 11.6 Å². The standard InChI is InChI=1S/C9H8Br3F2NO2/c10-3-1-4(11)7(17)6(12)5(3)8(15)9(13,14)2-16/h1,8,16-17H,2,15H2/t8-/m0/s1. The van der Waals surface area contributed by atoms with Crippen LogP contribution in [0.15, 0.2) is 19.5 Å². The topological polar surface area (TPSA) is 66.5 Å². The highest BCUT2D eigenvalue weighted by molar-refractivity contribution is 9.11. The van der Waals surface area contributed by atoms with E-state index in [1.807, 2.05) is 0 Å². The third-order valence-corrected chi connectivity index (χ3v) is 4.22. The molecule has 0 spiro atoms. The molecule has 3 nitrogen and oxygen atoms in total. The Kier molecular flexibility index (Phi) is 4.93. The molecule has 1 aromatic rings. The molecule has 0 unspecified atom stereocenters. The van der Waals surface area contributed by atoms with E-state index in [0.717, 1.165) is 0 Å². The van der Waals surface area contributed by atoms with Gasteiger partial charge >= 0.3 is 0 Å². The molecule has 0 bridgehead atoms. The average molecular weight is 440 g/mol. The second-order valence-corrected chi connectivity index (χ2v) is 5.81. The lowest BCUT2D eigenvalue weighted by molar-refractivity contribution is -0.0715. The normalized spacial score (nSPS) is 13.8. The van der Waals surface area contributed by atoms with Crippen molar-refractivity contribution in [3.05, 3.63) is 25.0 Å². The van der Waals surface area contributed by atoms with Gasteiger partial charge in [0.15, 0.2) is 0 Å². The van der Waals surface area contributed by atoms with Crippen molar-refractivity contribution >= 4 is 47.8 Å². The van der Waals surface area contributed by atoms with Crippen molar-refractivity contribution in [2.45, 2.75) is 12.0 Å². The molecule has 0 aliphatic carbocycles. The molecular formula is C9H8Br3F2NO2. The van der Waals surface area contributed by atoms with E-state index in [-0.39, 0.29) is 15.8 Å². The summed E-state index contributed by atoms with van der Waals surface area (Å²) in [6.45, 7) is -1.37. The number of aromatic hydroxyl groups is 1. The summed E-state index contributed by atoms with van der Waals surface area (Å²) in [6.07, 6.45) is 0. The van der Waals surface area contributed by atoms with Gasteiger partial charge < -0.3 is 15.9 Å². The monoisotopic (exact) mass is 437 g/mol. The molecule has 0 aliphatic heterocycles. The van der Waals surface area contributed by atoms with E-state index in [0.29, 0.717) is 8.95 Å². The van der Waals surface area contributed by atoms with Gasteiger partial charge in [0, 0.05) is 10.0 Å². The smallest absolute Gasteiger partial charge is 0.289 e. The first-order valence-electron chi connectivity index (χ1n) is 4.33. The fourth-order valence-corrected chi connectivity index (χ4v) is 3.80. The third kappa shape index (κ3) is 2.98. The second kappa shape index (κ2) is 5.48. The number of halogens is 5. The Morgan fingerprint density at radius 2 is 1.82 bits per heavy atom. The lowest BCUT2D eigenvalue weighted by Gasteiger charge is -2.24. The largest absolute Gasteiger partial charge is 0.506 e. The maximum atomic E-state index is 13.3. The van der Waals surface area contributed by atoms with Crippen molar-refractivity contribution in [2.75, 3.05) is 6.61 Å². The summed E-state index contributed by atoms with van der Waals surface area (Å²) in [5.41, 5.74) is 5.40. The highest BCUT2D eigenvalue weighted by Gasteiger charge is 2.40. The number of nitrogens with two attached hydrogens (primary N) is 1. The Bertz CT molecular complexity index is 443. The lowest BCUT2D eigenvalue weighted by atomic mass is 10.0. The summed E-state index contributed by atoms with van der Waals surface area (Å²) in [5.74, 6) is -3.71. The van der Waals surface area contributed by atoms with E-state index in [1.165, 1.54) is 6.07 Å². The zero-order valence-electron chi connectivity index (χ0n) is 8.22. The van der Waals surface area contributed by atoms with Crippen LogP contribution < -0.4 is 5.73 Å². The summed E-state index contributed by atoms with van der Waals surface area (Å²) in [6, 6.07) is -0.335. The van der Waals surface area contributed by atoms with Gasteiger partial charge in [-0.25, -0.2) is 8.78 Å². The minimum atomic E-state index is -3.48. The summed E-state index contributed by atoms with van der Waals surface area (Å²) in [5, 5.41) is 18.2. The number of hydrogen-bond acceptors (Lipinski definition) is 3. The molecular weight excluding hydrogens is 432 g/mol. The van der Waals surface area contributed by atoms with Crippen molar-refractivity contribution in [3.8, 4) is 5.75 Å². The van der Waals surface area contributed by atoms with Gasteiger partial charge in [0.1, 0.15) is 12.4 Å². The van der Waals surface area contributed by atoms with Gasteiger partial charge in [-0.05, 0) is 37.9 Å². The van der Waals surface area contributed by atoms with Gasteiger partial charge in [-0.2, -0.15) is 0 Å². The van der Waals surface area contributed by atoms with Crippen molar-refractivity contribution in [2.24, 2.45) is 5.73 Å². The van der Waals surface area contributed by atoms with Crippen LogP contribution in [0.2, 0.25) is 0 Å². The number of phenols is 1. The Hall–Kier alpha value is 0.240. The Labute approximate surface area is 121 Å².